The fourth-order valence-electron chi connectivity index (χ4n) is 1.50. The molecule has 0 fully saturated rings. The van der Waals surface area contributed by atoms with Crippen LogP contribution in [0.5, 0.6) is 0 Å². The average Bonchev–Trinajstić information content (AvgIpc) is 2.48. The summed E-state index contributed by atoms with van der Waals surface area (Å²) < 4.78 is 36.2. The third-order valence-corrected chi connectivity index (χ3v) is 2.11. The second-order valence-corrected chi connectivity index (χ2v) is 3.13. The minimum Gasteiger partial charge on any atom is -0.289 e. The minimum absolute atomic E-state index is 0.0762. The monoisotopic (exact) mass is 209 g/mol. The molecule has 6 heteroatoms. The molecule has 14 heavy (non-hydrogen) atoms. The molecule has 0 amide bonds. The van der Waals surface area contributed by atoms with Gasteiger partial charge in [0.2, 0.25) is 0 Å². The summed E-state index contributed by atoms with van der Waals surface area (Å²) in [5.74, 6) is -1.84. The van der Waals surface area contributed by atoms with Gasteiger partial charge >= 0.3 is 6.18 Å². The first-order valence-corrected chi connectivity index (χ1v) is 4.10. The van der Waals surface area contributed by atoms with Crippen LogP contribution in [0.1, 0.15) is 19.3 Å². The molecule has 1 rings (SSSR count). The van der Waals surface area contributed by atoms with Crippen LogP contribution in [0.3, 0.4) is 0 Å². The Bertz CT molecular complexity index is 281. The number of Topliss-reactive ketones (excluding diaryl/α,β-unsaturated/α-hetero) is 1. The van der Waals surface area contributed by atoms with E-state index in [1.807, 2.05) is 0 Å². The third-order valence-electron chi connectivity index (χ3n) is 2.11. The number of nitrogens with zero attached hydrogens (tertiary/aromatic N) is 1. The second kappa shape index (κ2) is 3.61. The van der Waals surface area contributed by atoms with Gasteiger partial charge in [-0.25, -0.2) is 0 Å². The zero-order chi connectivity index (χ0) is 10.9. The predicted octanol–water partition coefficient (Wildman–Crippen LogP) is 1.88. The standard InChI is InChI=1S/C8H10F3NO2/c1-12(14)6-4-2-3-5(6)7(13)8(9,10)11/h14H,2-4H2,1H3. The van der Waals surface area contributed by atoms with E-state index in [-0.39, 0.29) is 17.7 Å². The summed E-state index contributed by atoms with van der Waals surface area (Å²) >= 11 is 0. The Morgan fingerprint density at radius 3 is 2.43 bits per heavy atom. The maximum Gasteiger partial charge on any atom is 0.454 e. The number of carbonyl (C=O) groups excluding carboxylic acids is 1. The van der Waals surface area contributed by atoms with Crippen molar-refractivity contribution in [2.24, 2.45) is 0 Å². The molecule has 0 atom stereocenters. The van der Waals surface area contributed by atoms with Gasteiger partial charge in [0.25, 0.3) is 5.78 Å². The van der Waals surface area contributed by atoms with E-state index < -0.39 is 12.0 Å². The lowest BCUT2D eigenvalue weighted by atomic mass is 10.1. The van der Waals surface area contributed by atoms with Crippen LogP contribution in [-0.4, -0.2) is 29.3 Å². The summed E-state index contributed by atoms with van der Waals surface area (Å²) in [5.41, 5.74) is -0.241. The highest BCUT2D eigenvalue weighted by Gasteiger charge is 2.42. The molecule has 0 bridgehead atoms. The van der Waals surface area contributed by atoms with Gasteiger partial charge in [-0.3, -0.25) is 15.1 Å². The number of allylic oxidation sites excluding steroid dienone is 2. The molecule has 0 aromatic rings. The van der Waals surface area contributed by atoms with E-state index in [2.05, 4.69) is 0 Å². The molecule has 80 valence electrons. The van der Waals surface area contributed by atoms with Crippen LogP contribution >= 0.6 is 0 Å². The molecule has 1 aliphatic carbocycles. The molecule has 0 spiro atoms. The first-order valence-electron chi connectivity index (χ1n) is 4.10. The molecule has 0 aromatic heterocycles. The highest BCUT2D eigenvalue weighted by molar-refractivity contribution is 6.00. The number of halogens is 3. The highest BCUT2D eigenvalue weighted by atomic mass is 19.4. The van der Waals surface area contributed by atoms with Gasteiger partial charge in [-0.1, -0.05) is 0 Å². The molecule has 0 unspecified atom stereocenters. The Morgan fingerprint density at radius 2 is 2.00 bits per heavy atom. The summed E-state index contributed by atoms with van der Waals surface area (Å²) in [6, 6.07) is 0. The molecule has 3 nitrogen and oxygen atoms in total. The van der Waals surface area contributed by atoms with Crippen molar-refractivity contribution in [3.63, 3.8) is 0 Å². The topological polar surface area (TPSA) is 40.5 Å². The third kappa shape index (κ3) is 2.06. The first kappa shape index (κ1) is 11.0. The lowest BCUT2D eigenvalue weighted by Gasteiger charge is -2.14. The molecule has 0 saturated heterocycles. The Balaban J connectivity index is 2.96. The normalized spacial score (nSPS) is 17.5. The largest absolute Gasteiger partial charge is 0.454 e. The van der Waals surface area contributed by atoms with Gasteiger partial charge in [0.1, 0.15) is 0 Å². The number of hydrogen-bond acceptors (Lipinski definition) is 3. The van der Waals surface area contributed by atoms with E-state index in [9.17, 15) is 18.0 Å². The van der Waals surface area contributed by atoms with Crippen LogP contribution in [-0.2, 0) is 4.79 Å². The van der Waals surface area contributed by atoms with Crippen LogP contribution in [0, 0.1) is 0 Å². The van der Waals surface area contributed by atoms with Crippen molar-refractivity contribution in [2.45, 2.75) is 25.4 Å². The second-order valence-electron chi connectivity index (χ2n) is 3.13. The molecule has 1 aliphatic rings. The van der Waals surface area contributed by atoms with E-state index in [1.165, 1.54) is 7.05 Å². The molecule has 0 heterocycles. The molecule has 0 saturated carbocycles. The Kier molecular flexibility index (Phi) is 2.84. The number of hydroxylamine groups is 2. The van der Waals surface area contributed by atoms with E-state index in [1.54, 1.807) is 0 Å². The molecular weight excluding hydrogens is 199 g/mol. The summed E-state index contributed by atoms with van der Waals surface area (Å²) in [6.07, 6.45) is -3.99. The number of ketones is 1. The van der Waals surface area contributed by atoms with Crippen LogP contribution in [0.25, 0.3) is 0 Å². The highest BCUT2D eigenvalue weighted by Crippen LogP contribution is 2.32. The number of alkyl halides is 3. The van der Waals surface area contributed by atoms with E-state index in [0.717, 1.165) is 0 Å². The van der Waals surface area contributed by atoms with Gasteiger partial charge in [0, 0.05) is 18.3 Å². The fourth-order valence-corrected chi connectivity index (χ4v) is 1.50. The number of rotatable bonds is 2. The molecule has 0 radical (unpaired) electrons. The van der Waals surface area contributed by atoms with Gasteiger partial charge in [-0.15, -0.1) is 0 Å². The van der Waals surface area contributed by atoms with E-state index >= 15 is 0 Å². The zero-order valence-corrected chi connectivity index (χ0v) is 7.56. The van der Waals surface area contributed by atoms with E-state index in [0.29, 0.717) is 17.9 Å². The van der Waals surface area contributed by atoms with Crippen molar-refractivity contribution in [2.75, 3.05) is 7.05 Å². The van der Waals surface area contributed by atoms with Crippen molar-refractivity contribution in [3.8, 4) is 0 Å². The molecule has 0 aliphatic heterocycles. The van der Waals surface area contributed by atoms with Crippen molar-refractivity contribution < 1.29 is 23.2 Å². The number of hydrogen-bond donors (Lipinski definition) is 1. The van der Waals surface area contributed by atoms with Crippen LogP contribution in [0.4, 0.5) is 13.2 Å². The van der Waals surface area contributed by atoms with Crippen molar-refractivity contribution in [3.05, 3.63) is 11.3 Å². The Morgan fingerprint density at radius 1 is 1.43 bits per heavy atom. The van der Waals surface area contributed by atoms with Gasteiger partial charge in [-0.05, 0) is 19.3 Å². The van der Waals surface area contributed by atoms with Crippen LogP contribution in [0.15, 0.2) is 11.3 Å². The predicted molar refractivity (Wildman–Crippen MR) is 41.5 cm³/mol. The molecule has 0 aromatic carbocycles. The quantitative estimate of drug-likeness (QED) is 0.706. The van der Waals surface area contributed by atoms with Crippen molar-refractivity contribution in [1.29, 1.82) is 0 Å². The van der Waals surface area contributed by atoms with Crippen LogP contribution in [0.2, 0.25) is 0 Å². The maximum absolute atomic E-state index is 12.1. The van der Waals surface area contributed by atoms with E-state index in [4.69, 9.17) is 5.21 Å². The van der Waals surface area contributed by atoms with Gasteiger partial charge < -0.3 is 0 Å². The average molecular weight is 209 g/mol. The SMILES string of the molecule is CN(O)C1=C(C(=O)C(F)(F)F)CCC1. The Hall–Kier alpha value is -1.04. The summed E-state index contributed by atoms with van der Waals surface area (Å²) in [5, 5.41) is 9.58. The summed E-state index contributed by atoms with van der Waals surface area (Å²) in [6.45, 7) is 0. The lowest BCUT2D eigenvalue weighted by molar-refractivity contribution is -0.167. The van der Waals surface area contributed by atoms with Gasteiger partial charge in [0.15, 0.2) is 0 Å². The molecule has 1 N–H and O–H groups in total. The summed E-state index contributed by atoms with van der Waals surface area (Å²) in [4.78, 5) is 10.9. The van der Waals surface area contributed by atoms with Gasteiger partial charge in [0.05, 0.1) is 0 Å². The molecular formula is C8H10F3NO2. The van der Waals surface area contributed by atoms with Crippen molar-refractivity contribution in [1.82, 2.24) is 5.06 Å². The van der Waals surface area contributed by atoms with Crippen LogP contribution < -0.4 is 0 Å². The smallest absolute Gasteiger partial charge is 0.289 e. The minimum atomic E-state index is -4.85. The zero-order valence-electron chi connectivity index (χ0n) is 7.56. The Labute approximate surface area is 78.8 Å². The maximum atomic E-state index is 12.1. The van der Waals surface area contributed by atoms with Crippen molar-refractivity contribution >= 4 is 5.78 Å². The lowest BCUT2D eigenvalue weighted by Crippen LogP contribution is -2.26. The van der Waals surface area contributed by atoms with Gasteiger partial charge in [-0.2, -0.15) is 13.2 Å². The first-order chi connectivity index (χ1) is 6.34. The summed E-state index contributed by atoms with van der Waals surface area (Å²) in [7, 11) is 1.21. The number of carbonyl (C=O) groups is 1. The fraction of sp³-hybridized carbons (Fsp3) is 0.625.